The van der Waals surface area contributed by atoms with E-state index in [0.717, 1.165) is 24.3 Å². The summed E-state index contributed by atoms with van der Waals surface area (Å²) in [7, 11) is 0. The molecule has 0 fully saturated rings. The van der Waals surface area contributed by atoms with Gasteiger partial charge in [-0.15, -0.1) is 0 Å². The molecular weight excluding hydrogens is 192 g/mol. The molecule has 1 aliphatic rings. The Bertz CT molecular complexity index is 407. The lowest BCUT2D eigenvalue weighted by Gasteiger charge is -2.02. The first-order valence-corrected chi connectivity index (χ1v) is 4.90. The van der Waals surface area contributed by atoms with Crippen LogP contribution in [0, 0.1) is 0 Å². The Kier molecular flexibility index (Phi) is 2.72. The van der Waals surface area contributed by atoms with Crippen molar-refractivity contribution in [2.45, 2.75) is 12.8 Å². The van der Waals surface area contributed by atoms with E-state index in [1.165, 1.54) is 5.56 Å². The van der Waals surface area contributed by atoms with E-state index in [-0.39, 0.29) is 6.42 Å². The summed E-state index contributed by atoms with van der Waals surface area (Å²) in [6.07, 6.45) is 4.43. The van der Waals surface area contributed by atoms with Crippen LogP contribution in [0.1, 0.15) is 17.5 Å². The first-order chi connectivity index (χ1) is 7.27. The Balaban J connectivity index is 2.18. The van der Waals surface area contributed by atoms with Crippen LogP contribution in [0.3, 0.4) is 0 Å². The standard InChI is InChI=1S/C12H12O3/c13-11(14)6-2-5-9-3-1-4-10-7-8-15-12(9)10/h1-5H,6-8H2,(H,13,14)/b5-2-. The van der Waals surface area contributed by atoms with Crippen LogP contribution in [0.5, 0.6) is 5.75 Å². The van der Waals surface area contributed by atoms with Crippen molar-refractivity contribution in [3.63, 3.8) is 0 Å². The molecule has 1 aromatic rings. The first kappa shape index (κ1) is 9.77. The number of benzene rings is 1. The van der Waals surface area contributed by atoms with Crippen LogP contribution in [-0.2, 0) is 11.2 Å². The molecule has 0 aliphatic carbocycles. The molecule has 0 radical (unpaired) electrons. The van der Waals surface area contributed by atoms with Gasteiger partial charge in [0.1, 0.15) is 5.75 Å². The maximum atomic E-state index is 10.3. The Morgan fingerprint density at radius 2 is 2.40 bits per heavy atom. The fourth-order valence-corrected chi connectivity index (χ4v) is 1.66. The van der Waals surface area contributed by atoms with Gasteiger partial charge in [0.25, 0.3) is 0 Å². The van der Waals surface area contributed by atoms with Gasteiger partial charge in [-0.05, 0) is 5.56 Å². The van der Waals surface area contributed by atoms with Crippen LogP contribution in [0.4, 0.5) is 0 Å². The van der Waals surface area contributed by atoms with Crippen LogP contribution >= 0.6 is 0 Å². The monoisotopic (exact) mass is 204 g/mol. The number of fused-ring (bicyclic) bond motifs is 1. The van der Waals surface area contributed by atoms with Crippen molar-refractivity contribution >= 4 is 12.0 Å². The molecule has 0 unspecified atom stereocenters. The predicted molar refractivity (Wildman–Crippen MR) is 56.9 cm³/mol. The molecule has 0 bridgehead atoms. The number of rotatable bonds is 3. The van der Waals surface area contributed by atoms with E-state index in [2.05, 4.69) is 0 Å². The van der Waals surface area contributed by atoms with Gasteiger partial charge in [0.15, 0.2) is 0 Å². The van der Waals surface area contributed by atoms with Crippen molar-refractivity contribution in [1.29, 1.82) is 0 Å². The highest BCUT2D eigenvalue weighted by Gasteiger charge is 2.13. The maximum Gasteiger partial charge on any atom is 0.307 e. The van der Waals surface area contributed by atoms with Gasteiger partial charge < -0.3 is 9.84 Å². The normalized spacial score (nSPS) is 13.9. The molecular formula is C12H12O3. The average Bonchev–Trinajstić information content (AvgIpc) is 2.65. The number of ether oxygens (including phenoxy) is 1. The molecule has 3 nitrogen and oxygen atoms in total. The van der Waals surface area contributed by atoms with Crippen molar-refractivity contribution in [2.24, 2.45) is 0 Å². The van der Waals surface area contributed by atoms with Crippen LogP contribution < -0.4 is 4.74 Å². The van der Waals surface area contributed by atoms with Gasteiger partial charge in [-0.1, -0.05) is 30.4 Å². The lowest BCUT2D eigenvalue weighted by Crippen LogP contribution is -1.90. The minimum absolute atomic E-state index is 0.0453. The summed E-state index contributed by atoms with van der Waals surface area (Å²) >= 11 is 0. The molecule has 78 valence electrons. The average molecular weight is 204 g/mol. The zero-order valence-electron chi connectivity index (χ0n) is 8.27. The summed E-state index contributed by atoms with van der Waals surface area (Å²) < 4.78 is 5.49. The number of carboxylic acids is 1. The maximum absolute atomic E-state index is 10.3. The largest absolute Gasteiger partial charge is 0.492 e. The summed E-state index contributed by atoms with van der Waals surface area (Å²) in [5.74, 6) is 0.0823. The molecule has 1 aliphatic heterocycles. The molecule has 0 amide bonds. The lowest BCUT2D eigenvalue weighted by atomic mass is 10.1. The molecule has 15 heavy (non-hydrogen) atoms. The second kappa shape index (κ2) is 4.17. The van der Waals surface area contributed by atoms with E-state index >= 15 is 0 Å². The van der Waals surface area contributed by atoms with Crippen molar-refractivity contribution in [3.8, 4) is 5.75 Å². The molecule has 0 saturated carbocycles. The van der Waals surface area contributed by atoms with Crippen LogP contribution in [-0.4, -0.2) is 17.7 Å². The second-order valence-electron chi connectivity index (χ2n) is 3.43. The van der Waals surface area contributed by atoms with E-state index in [4.69, 9.17) is 9.84 Å². The summed E-state index contributed by atoms with van der Waals surface area (Å²) in [6.45, 7) is 0.721. The van der Waals surface area contributed by atoms with Gasteiger partial charge in [0, 0.05) is 12.0 Å². The lowest BCUT2D eigenvalue weighted by molar-refractivity contribution is -0.135. The van der Waals surface area contributed by atoms with Gasteiger partial charge in [-0.3, -0.25) is 4.79 Å². The number of carbonyl (C=O) groups is 1. The number of hydrogen-bond donors (Lipinski definition) is 1. The third kappa shape index (κ3) is 2.18. The fraction of sp³-hybridized carbons (Fsp3) is 0.250. The minimum Gasteiger partial charge on any atom is -0.492 e. The molecule has 0 aromatic heterocycles. The smallest absolute Gasteiger partial charge is 0.307 e. The zero-order chi connectivity index (χ0) is 10.7. The van der Waals surface area contributed by atoms with Gasteiger partial charge in [-0.25, -0.2) is 0 Å². The van der Waals surface area contributed by atoms with E-state index in [1.54, 1.807) is 12.2 Å². The molecule has 0 atom stereocenters. The summed E-state index contributed by atoms with van der Waals surface area (Å²) in [6, 6.07) is 5.94. The van der Waals surface area contributed by atoms with E-state index < -0.39 is 5.97 Å². The third-order valence-electron chi connectivity index (χ3n) is 2.33. The molecule has 2 rings (SSSR count). The van der Waals surface area contributed by atoms with Gasteiger partial charge in [0.05, 0.1) is 13.0 Å². The highest BCUT2D eigenvalue weighted by atomic mass is 16.5. The number of hydrogen-bond acceptors (Lipinski definition) is 2. The molecule has 0 spiro atoms. The Morgan fingerprint density at radius 3 is 3.20 bits per heavy atom. The van der Waals surface area contributed by atoms with Crippen molar-refractivity contribution < 1.29 is 14.6 Å². The highest BCUT2D eigenvalue weighted by molar-refractivity contribution is 5.71. The second-order valence-corrected chi connectivity index (χ2v) is 3.43. The number of para-hydroxylation sites is 1. The van der Waals surface area contributed by atoms with Crippen molar-refractivity contribution in [1.82, 2.24) is 0 Å². The fourth-order valence-electron chi connectivity index (χ4n) is 1.66. The van der Waals surface area contributed by atoms with Crippen LogP contribution in [0.15, 0.2) is 24.3 Å². The summed E-state index contributed by atoms with van der Waals surface area (Å²) in [5, 5.41) is 8.50. The molecule has 1 N–H and O–H groups in total. The van der Waals surface area contributed by atoms with Crippen LogP contribution in [0.25, 0.3) is 6.08 Å². The zero-order valence-corrected chi connectivity index (χ0v) is 8.27. The van der Waals surface area contributed by atoms with E-state index in [0.29, 0.717) is 0 Å². The predicted octanol–water partition coefficient (Wildman–Crippen LogP) is 2.11. The van der Waals surface area contributed by atoms with Crippen LogP contribution in [0.2, 0.25) is 0 Å². The van der Waals surface area contributed by atoms with Gasteiger partial charge in [-0.2, -0.15) is 0 Å². The summed E-state index contributed by atoms with van der Waals surface area (Å²) in [4.78, 5) is 10.3. The number of aliphatic carboxylic acids is 1. The van der Waals surface area contributed by atoms with E-state index in [1.807, 2.05) is 18.2 Å². The third-order valence-corrected chi connectivity index (χ3v) is 2.33. The Hall–Kier alpha value is -1.77. The molecule has 1 heterocycles. The first-order valence-electron chi connectivity index (χ1n) is 4.90. The number of carboxylic acid groups (broad SMARTS) is 1. The summed E-state index contributed by atoms with van der Waals surface area (Å²) in [5.41, 5.74) is 2.17. The molecule has 3 heteroatoms. The molecule has 0 saturated heterocycles. The van der Waals surface area contributed by atoms with Gasteiger partial charge in [0.2, 0.25) is 0 Å². The quantitative estimate of drug-likeness (QED) is 0.820. The highest BCUT2D eigenvalue weighted by Crippen LogP contribution is 2.30. The SMILES string of the molecule is O=C(O)C/C=C\c1cccc2c1OCC2. The van der Waals surface area contributed by atoms with E-state index in [9.17, 15) is 4.79 Å². The molecule has 1 aromatic carbocycles. The Morgan fingerprint density at radius 1 is 1.53 bits per heavy atom. The van der Waals surface area contributed by atoms with Crippen molar-refractivity contribution in [2.75, 3.05) is 6.61 Å². The van der Waals surface area contributed by atoms with Crippen molar-refractivity contribution in [3.05, 3.63) is 35.4 Å². The minimum atomic E-state index is -0.820. The van der Waals surface area contributed by atoms with Gasteiger partial charge >= 0.3 is 5.97 Å². The Labute approximate surface area is 88.0 Å². The topological polar surface area (TPSA) is 46.5 Å².